The van der Waals surface area contributed by atoms with Gasteiger partial charge in [-0.3, -0.25) is 0 Å². The van der Waals surface area contributed by atoms with E-state index in [1.807, 2.05) is 34.6 Å². The first kappa shape index (κ1) is 24.0. The second-order valence-electron chi connectivity index (χ2n) is 7.15. The summed E-state index contributed by atoms with van der Waals surface area (Å²) < 4.78 is 5.91. The van der Waals surface area contributed by atoms with Gasteiger partial charge in [0.15, 0.2) is 5.96 Å². The van der Waals surface area contributed by atoms with Crippen molar-refractivity contribution in [3.8, 4) is 5.75 Å². The molecule has 1 rings (SSSR count). The first-order chi connectivity index (χ1) is 11.3. The summed E-state index contributed by atoms with van der Waals surface area (Å²) in [5.74, 6) is 1.63. The Morgan fingerprint density at radius 1 is 1.28 bits per heavy atom. The van der Waals surface area contributed by atoms with Gasteiger partial charge in [0.1, 0.15) is 5.75 Å². The molecule has 5 nitrogen and oxygen atoms in total. The van der Waals surface area contributed by atoms with E-state index in [4.69, 9.17) is 4.74 Å². The maximum absolute atomic E-state index is 9.37. The summed E-state index contributed by atoms with van der Waals surface area (Å²) in [6.45, 7) is 14.3. The molecule has 0 aliphatic heterocycles. The van der Waals surface area contributed by atoms with Gasteiger partial charge in [-0.1, -0.05) is 26.0 Å². The van der Waals surface area contributed by atoms with E-state index in [1.54, 1.807) is 0 Å². The average molecular weight is 463 g/mol. The minimum Gasteiger partial charge on any atom is -0.491 e. The van der Waals surface area contributed by atoms with Crippen LogP contribution in [-0.2, 0) is 6.54 Å². The van der Waals surface area contributed by atoms with Gasteiger partial charge in [0, 0.05) is 30.7 Å². The van der Waals surface area contributed by atoms with E-state index in [2.05, 4.69) is 40.7 Å². The van der Waals surface area contributed by atoms with Crippen LogP contribution >= 0.6 is 24.0 Å². The molecular weight excluding hydrogens is 429 g/mol. The Labute approximate surface area is 169 Å². The Balaban J connectivity index is 0.00000576. The summed E-state index contributed by atoms with van der Waals surface area (Å²) in [4.78, 5) is 4.65. The van der Waals surface area contributed by atoms with Gasteiger partial charge in [0.2, 0.25) is 0 Å². The summed E-state index contributed by atoms with van der Waals surface area (Å²) in [5.41, 5.74) is 2.05. The van der Waals surface area contributed by atoms with Gasteiger partial charge < -0.3 is 20.5 Å². The highest BCUT2D eigenvalue weighted by atomic mass is 127. The van der Waals surface area contributed by atoms with Crippen molar-refractivity contribution in [2.24, 2.45) is 10.4 Å². The van der Waals surface area contributed by atoms with Gasteiger partial charge in [-0.15, -0.1) is 24.0 Å². The van der Waals surface area contributed by atoms with Gasteiger partial charge in [-0.25, -0.2) is 4.99 Å². The molecular formula is C19H34IN3O2. The van der Waals surface area contributed by atoms with E-state index >= 15 is 0 Å². The monoisotopic (exact) mass is 463 g/mol. The van der Waals surface area contributed by atoms with E-state index in [9.17, 15) is 5.11 Å². The molecule has 0 amide bonds. The van der Waals surface area contributed by atoms with Crippen molar-refractivity contribution in [2.45, 2.75) is 54.2 Å². The highest BCUT2D eigenvalue weighted by Gasteiger charge is 2.16. The van der Waals surface area contributed by atoms with Crippen molar-refractivity contribution < 1.29 is 9.84 Å². The highest BCUT2D eigenvalue weighted by molar-refractivity contribution is 14.0. The summed E-state index contributed by atoms with van der Waals surface area (Å²) in [7, 11) is 0. The fourth-order valence-corrected chi connectivity index (χ4v) is 2.04. The smallest absolute Gasteiger partial charge is 0.191 e. The van der Waals surface area contributed by atoms with Crippen molar-refractivity contribution in [2.75, 3.05) is 19.7 Å². The molecule has 0 aliphatic rings. The predicted molar refractivity (Wildman–Crippen MR) is 116 cm³/mol. The number of halogens is 1. The summed E-state index contributed by atoms with van der Waals surface area (Å²) in [5, 5.41) is 15.9. The van der Waals surface area contributed by atoms with Gasteiger partial charge in [0.05, 0.1) is 12.6 Å². The third-order valence-corrected chi connectivity index (χ3v) is 3.50. The number of aryl methyl sites for hydroxylation is 1. The molecule has 0 fully saturated rings. The second kappa shape index (κ2) is 11.6. The molecule has 0 saturated carbocycles. The number of benzene rings is 1. The van der Waals surface area contributed by atoms with Crippen LogP contribution < -0.4 is 15.4 Å². The third-order valence-electron chi connectivity index (χ3n) is 3.50. The molecule has 144 valence electrons. The lowest BCUT2D eigenvalue weighted by molar-refractivity contribution is 0.162. The van der Waals surface area contributed by atoms with E-state index in [0.717, 1.165) is 23.8 Å². The highest BCUT2D eigenvalue weighted by Crippen LogP contribution is 2.22. The lowest BCUT2D eigenvalue weighted by Gasteiger charge is -2.23. The lowest BCUT2D eigenvalue weighted by atomic mass is 9.95. The largest absolute Gasteiger partial charge is 0.491 e. The van der Waals surface area contributed by atoms with Crippen LogP contribution in [0.25, 0.3) is 0 Å². The van der Waals surface area contributed by atoms with Crippen LogP contribution in [0.5, 0.6) is 5.75 Å². The molecule has 0 atom stereocenters. The second-order valence-corrected chi connectivity index (χ2v) is 7.15. The fourth-order valence-electron chi connectivity index (χ4n) is 2.04. The number of aliphatic hydroxyl groups is 1. The van der Waals surface area contributed by atoms with Crippen molar-refractivity contribution >= 4 is 29.9 Å². The summed E-state index contributed by atoms with van der Waals surface area (Å²) >= 11 is 0. The zero-order valence-corrected chi connectivity index (χ0v) is 18.7. The third kappa shape index (κ3) is 9.30. The lowest BCUT2D eigenvalue weighted by Crippen LogP contribution is -2.43. The summed E-state index contributed by atoms with van der Waals surface area (Å²) in [6, 6.07) is 6.20. The number of aliphatic imine (C=N–C) groups is 1. The Bertz CT molecular complexity index is 545. The predicted octanol–water partition coefficient (Wildman–Crippen LogP) is 3.47. The zero-order chi connectivity index (χ0) is 18.2. The molecule has 0 radical (unpaired) electrons. The van der Waals surface area contributed by atoms with Crippen molar-refractivity contribution in [1.29, 1.82) is 0 Å². The maximum atomic E-state index is 9.37. The van der Waals surface area contributed by atoms with Crippen LogP contribution in [-0.4, -0.2) is 36.9 Å². The zero-order valence-electron chi connectivity index (χ0n) is 16.3. The van der Waals surface area contributed by atoms with Gasteiger partial charge in [-0.05, 0) is 39.3 Å². The Kier molecular flexibility index (Phi) is 11.1. The first-order valence-electron chi connectivity index (χ1n) is 8.66. The molecule has 0 heterocycles. The number of hydrogen-bond donors (Lipinski definition) is 3. The normalized spacial score (nSPS) is 11.9. The molecule has 0 bridgehead atoms. The number of guanidine groups is 1. The van der Waals surface area contributed by atoms with Crippen molar-refractivity contribution in [3.05, 3.63) is 29.3 Å². The molecule has 6 heteroatoms. The average Bonchev–Trinajstić information content (AvgIpc) is 2.51. The van der Waals surface area contributed by atoms with E-state index in [0.29, 0.717) is 13.1 Å². The van der Waals surface area contributed by atoms with Crippen molar-refractivity contribution in [1.82, 2.24) is 10.6 Å². The molecule has 0 unspecified atom stereocenters. The molecule has 1 aromatic rings. The molecule has 3 N–H and O–H groups in total. The topological polar surface area (TPSA) is 65.9 Å². The number of hydrogen-bond acceptors (Lipinski definition) is 3. The Morgan fingerprint density at radius 3 is 2.52 bits per heavy atom. The molecule has 25 heavy (non-hydrogen) atoms. The Morgan fingerprint density at radius 2 is 1.96 bits per heavy atom. The van der Waals surface area contributed by atoms with Crippen LogP contribution in [0.2, 0.25) is 0 Å². The van der Waals surface area contributed by atoms with Crippen LogP contribution in [0.4, 0.5) is 0 Å². The maximum Gasteiger partial charge on any atom is 0.191 e. The number of ether oxygens (including phenoxy) is 1. The number of nitrogens with one attached hydrogen (secondary N) is 2. The number of nitrogens with zero attached hydrogens (tertiary/aromatic N) is 1. The van der Waals surface area contributed by atoms with E-state index < -0.39 is 0 Å². The molecule has 0 saturated heterocycles. The quantitative estimate of drug-likeness (QED) is 0.314. The van der Waals surface area contributed by atoms with Crippen molar-refractivity contribution in [3.63, 3.8) is 0 Å². The van der Waals surface area contributed by atoms with Crippen LogP contribution in [0, 0.1) is 12.3 Å². The standard InChI is InChI=1S/C19H33N3O2.HI/c1-7-20-18(22-12-19(5,6)13-23)21-11-16-9-8-15(4)10-17(16)24-14(2)3;/h8-10,14,23H,7,11-13H2,1-6H3,(H2,20,21,22);1H. The van der Waals surface area contributed by atoms with Gasteiger partial charge in [-0.2, -0.15) is 0 Å². The molecule has 0 aromatic heterocycles. The van der Waals surface area contributed by atoms with E-state index in [1.165, 1.54) is 5.56 Å². The summed E-state index contributed by atoms with van der Waals surface area (Å²) in [6.07, 6.45) is 0.131. The van der Waals surface area contributed by atoms with Crippen LogP contribution in [0.1, 0.15) is 45.7 Å². The minimum atomic E-state index is -0.189. The molecule has 0 spiro atoms. The number of aliphatic hydroxyl groups excluding tert-OH is 1. The SMILES string of the molecule is CCNC(=NCc1ccc(C)cc1OC(C)C)NCC(C)(C)CO.I. The van der Waals surface area contributed by atoms with Crippen LogP contribution in [0.15, 0.2) is 23.2 Å². The van der Waals surface area contributed by atoms with Gasteiger partial charge in [0.25, 0.3) is 0 Å². The van der Waals surface area contributed by atoms with E-state index in [-0.39, 0.29) is 42.1 Å². The van der Waals surface area contributed by atoms with Crippen LogP contribution in [0.3, 0.4) is 0 Å². The molecule has 1 aromatic carbocycles. The minimum absolute atomic E-state index is 0. The first-order valence-corrected chi connectivity index (χ1v) is 8.66. The fraction of sp³-hybridized carbons (Fsp3) is 0.632. The van der Waals surface area contributed by atoms with Gasteiger partial charge >= 0.3 is 0 Å². The molecule has 0 aliphatic carbocycles. The number of rotatable bonds is 8. The Hall–Kier alpha value is -1.02.